The van der Waals surface area contributed by atoms with Crippen LogP contribution in [-0.2, 0) is 9.59 Å². The molecule has 0 aliphatic carbocycles. The molecule has 1 aromatic carbocycles. The predicted octanol–water partition coefficient (Wildman–Crippen LogP) is 1.92. The van der Waals surface area contributed by atoms with Gasteiger partial charge in [-0.15, -0.1) is 0 Å². The average Bonchev–Trinajstić information content (AvgIpc) is 2.42. The molecule has 2 N–H and O–H groups in total. The summed E-state index contributed by atoms with van der Waals surface area (Å²) in [7, 11) is 0. The molecule has 1 aromatic rings. The molecule has 0 bridgehead atoms. The lowest BCUT2D eigenvalue weighted by atomic mass is 9.99. The van der Waals surface area contributed by atoms with E-state index in [-0.39, 0.29) is 11.8 Å². The number of carbonyl (C=O) groups excluding carboxylic acids is 2. The Morgan fingerprint density at radius 2 is 2.15 bits per heavy atom. The highest BCUT2D eigenvalue weighted by Gasteiger charge is 2.20. The van der Waals surface area contributed by atoms with Gasteiger partial charge in [0, 0.05) is 29.8 Å². The Hall–Kier alpha value is -1.40. The van der Waals surface area contributed by atoms with Crippen molar-refractivity contribution < 1.29 is 14.4 Å². The number of hydroxylamine groups is 1. The number of carbonyl (C=O) groups is 2. The van der Waals surface area contributed by atoms with E-state index in [0.717, 1.165) is 0 Å². The van der Waals surface area contributed by atoms with E-state index < -0.39 is 5.92 Å². The van der Waals surface area contributed by atoms with E-state index in [0.29, 0.717) is 28.6 Å². The van der Waals surface area contributed by atoms with Crippen LogP contribution in [0.4, 0.5) is 0 Å². The van der Waals surface area contributed by atoms with E-state index in [9.17, 15) is 9.59 Å². The molecule has 5 nitrogen and oxygen atoms in total. The van der Waals surface area contributed by atoms with Gasteiger partial charge in [-0.1, -0.05) is 11.6 Å². The highest BCUT2D eigenvalue weighted by atomic mass is 35.5. The second kappa shape index (κ2) is 8.01. The monoisotopic (exact) mass is 316 g/mol. The van der Waals surface area contributed by atoms with Crippen LogP contribution in [0.1, 0.15) is 25.3 Å². The van der Waals surface area contributed by atoms with Crippen molar-refractivity contribution in [3.8, 4) is 5.75 Å². The van der Waals surface area contributed by atoms with Crippen LogP contribution in [0.25, 0.3) is 0 Å². The van der Waals surface area contributed by atoms with Crippen LogP contribution in [0.5, 0.6) is 5.75 Å². The van der Waals surface area contributed by atoms with Crippen molar-refractivity contribution in [1.82, 2.24) is 10.8 Å². The normalized spacial score (nSPS) is 11.6. The topological polar surface area (TPSA) is 67.4 Å². The number of hydrogen-bond acceptors (Lipinski definition) is 4. The third-order valence-corrected chi connectivity index (χ3v) is 3.01. The quantitative estimate of drug-likeness (QED) is 0.555. The Balaban J connectivity index is 2.92. The molecule has 0 aliphatic heterocycles. The SMILES string of the molecule is CC(=O)NOc1ccc(Cl)cc1C(C)C(=O)NCCS. The van der Waals surface area contributed by atoms with Gasteiger partial charge in [0.2, 0.25) is 11.8 Å². The van der Waals surface area contributed by atoms with Crippen molar-refractivity contribution in [2.75, 3.05) is 12.3 Å². The predicted molar refractivity (Wildman–Crippen MR) is 81.2 cm³/mol. The molecular weight excluding hydrogens is 300 g/mol. The summed E-state index contributed by atoms with van der Waals surface area (Å²) in [6, 6.07) is 4.88. The van der Waals surface area contributed by atoms with E-state index >= 15 is 0 Å². The minimum absolute atomic E-state index is 0.158. The molecule has 1 unspecified atom stereocenters. The van der Waals surface area contributed by atoms with Crippen molar-refractivity contribution in [1.29, 1.82) is 0 Å². The second-order valence-corrected chi connectivity index (χ2v) is 5.06. The lowest BCUT2D eigenvalue weighted by molar-refractivity contribution is -0.125. The summed E-state index contributed by atoms with van der Waals surface area (Å²) in [6.07, 6.45) is 0. The van der Waals surface area contributed by atoms with Crippen LogP contribution in [-0.4, -0.2) is 24.1 Å². The van der Waals surface area contributed by atoms with Gasteiger partial charge in [0.15, 0.2) is 5.75 Å². The fourth-order valence-electron chi connectivity index (χ4n) is 1.55. The van der Waals surface area contributed by atoms with E-state index in [1.807, 2.05) is 0 Å². The van der Waals surface area contributed by atoms with Crippen LogP contribution in [0.15, 0.2) is 18.2 Å². The first-order valence-corrected chi connectivity index (χ1v) is 7.08. The third kappa shape index (κ3) is 4.94. The van der Waals surface area contributed by atoms with Crippen LogP contribution in [0.3, 0.4) is 0 Å². The summed E-state index contributed by atoms with van der Waals surface area (Å²) in [6.45, 7) is 3.55. The molecule has 20 heavy (non-hydrogen) atoms. The third-order valence-electron chi connectivity index (χ3n) is 2.55. The smallest absolute Gasteiger partial charge is 0.249 e. The van der Waals surface area contributed by atoms with Gasteiger partial charge in [0.05, 0.1) is 5.92 Å². The first-order chi connectivity index (χ1) is 9.45. The Morgan fingerprint density at radius 3 is 2.75 bits per heavy atom. The summed E-state index contributed by atoms with van der Waals surface area (Å²) in [4.78, 5) is 28.0. The highest BCUT2D eigenvalue weighted by Crippen LogP contribution is 2.29. The van der Waals surface area contributed by atoms with Crippen molar-refractivity contribution >= 4 is 36.0 Å². The summed E-state index contributed by atoms with van der Waals surface area (Å²) in [5.74, 6) is -0.00831. The Kier molecular flexibility index (Phi) is 6.67. The Bertz CT molecular complexity index is 497. The molecule has 0 saturated heterocycles. The molecule has 1 rings (SSSR count). The van der Waals surface area contributed by atoms with Crippen molar-refractivity contribution in [3.05, 3.63) is 28.8 Å². The number of rotatable bonds is 6. The molecular formula is C13H17ClN2O3S. The van der Waals surface area contributed by atoms with E-state index in [2.05, 4.69) is 23.4 Å². The fourth-order valence-corrected chi connectivity index (χ4v) is 1.84. The fraction of sp³-hybridized carbons (Fsp3) is 0.385. The minimum atomic E-state index is -0.461. The van der Waals surface area contributed by atoms with Gasteiger partial charge in [0.1, 0.15) is 0 Å². The van der Waals surface area contributed by atoms with Gasteiger partial charge < -0.3 is 10.2 Å². The second-order valence-electron chi connectivity index (χ2n) is 4.18. The Morgan fingerprint density at radius 1 is 1.45 bits per heavy atom. The summed E-state index contributed by atoms with van der Waals surface area (Å²) < 4.78 is 0. The van der Waals surface area contributed by atoms with E-state index in [1.54, 1.807) is 25.1 Å². The van der Waals surface area contributed by atoms with Gasteiger partial charge in [0.25, 0.3) is 0 Å². The molecule has 2 amide bonds. The zero-order chi connectivity index (χ0) is 15.1. The van der Waals surface area contributed by atoms with Gasteiger partial charge in [-0.25, -0.2) is 0 Å². The summed E-state index contributed by atoms with van der Waals surface area (Å²) in [5.41, 5.74) is 2.83. The van der Waals surface area contributed by atoms with E-state index in [4.69, 9.17) is 16.4 Å². The van der Waals surface area contributed by atoms with Gasteiger partial charge in [-0.2, -0.15) is 18.1 Å². The first-order valence-electron chi connectivity index (χ1n) is 6.07. The van der Waals surface area contributed by atoms with Crippen LogP contribution >= 0.6 is 24.2 Å². The lowest BCUT2D eigenvalue weighted by Gasteiger charge is -2.16. The van der Waals surface area contributed by atoms with Gasteiger partial charge >= 0.3 is 0 Å². The molecule has 0 aliphatic rings. The zero-order valence-corrected chi connectivity index (χ0v) is 12.9. The van der Waals surface area contributed by atoms with Crippen LogP contribution in [0.2, 0.25) is 5.02 Å². The van der Waals surface area contributed by atoms with E-state index in [1.165, 1.54) is 6.92 Å². The molecule has 0 spiro atoms. The van der Waals surface area contributed by atoms with Crippen molar-refractivity contribution in [2.45, 2.75) is 19.8 Å². The standard InChI is InChI=1S/C13H17ClN2O3S/c1-8(13(18)15-5-6-20)11-7-10(14)3-4-12(11)19-16-9(2)17/h3-4,7-8,20H,5-6H2,1-2H3,(H,15,18)(H,16,17). The number of thiol groups is 1. The molecule has 0 aromatic heterocycles. The summed E-state index contributed by atoms with van der Waals surface area (Å²) in [5, 5.41) is 3.23. The molecule has 0 heterocycles. The number of nitrogens with one attached hydrogen (secondary N) is 2. The molecule has 1 atom stereocenters. The first kappa shape index (κ1) is 16.7. The van der Waals surface area contributed by atoms with Crippen molar-refractivity contribution in [3.63, 3.8) is 0 Å². The number of amides is 2. The Labute approximate surface area is 128 Å². The van der Waals surface area contributed by atoms with Gasteiger partial charge in [-0.05, 0) is 25.1 Å². The molecule has 0 radical (unpaired) electrons. The lowest BCUT2D eigenvalue weighted by Crippen LogP contribution is -2.30. The maximum absolute atomic E-state index is 12.0. The van der Waals surface area contributed by atoms with Crippen LogP contribution < -0.4 is 15.6 Å². The average molecular weight is 317 g/mol. The molecule has 0 saturated carbocycles. The molecule has 7 heteroatoms. The van der Waals surface area contributed by atoms with Crippen LogP contribution in [0, 0.1) is 0 Å². The number of hydrogen-bond donors (Lipinski definition) is 3. The zero-order valence-electron chi connectivity index (χ0n) is 11.3. The highest BCUT2D eigenvalue weighted by molar-refractivity contribution is 7.80. The number of halogens is 1. The van der Waals surface area contributed by atoms with Crippen molar-refractivity contribution in [2.24, 2.45) is 0 Å². The molecule has 110 valence electrons. The summed E-state index contributed by atoms with van der Waals surface area (Å²) >= 11 is 9.98. The maximum Gasteiger partial charge on any atom is 0.249 e. The molecule has 0 fully saturated rings. The number of benzene rings is 1. The largest absolute Gasteiger partial charge is 0.379 e. The van der Waals surface area contributed by atoms with Gasteiger partial charge in [-0.3, -0.25) is 9.59 Å². The maximum atomic E-state index is 12.0. The minimum Gasteiger partial charge on any atom is -0.379 e.